The van der Waals surface area contributed by atoms with Crippen LogP contribution in [-0.2, 0) is 25.5 Å². The smallest absolute Gasteiger partial charge is 0.337 e. The summed E-state index contributed by atoms with van der Waals surface area (Å²) in [5.41, 5.74) is 5.92. The number of hydrogen-bond donors (Lipinski definition) is 1. The zero-order chi connectivity index (χ0) is 31.9. The Labute approximate surface area is 265 Å². The predicted molar refractivity (Wildman–Crippen MR) is 171 cm³/mol. The van der Waals surface area contributed by atoms with Gasteiger partial charge in [-0.2, -0.15) is 0 Å². The molecule has 0 aliphatic carbocycles. The number of imidazole rings is 1. The third-order valence-corrected chi connectivity index (χ3v) is 7.61. The fraction of sp³-hybridized carbons (Fsp3) is 0.194. The van der Waals surface area contributed by atoms with Crippen LogP contribution in [0.4, 0.5) is 0 Å². The van der Waals surface area contributed by atoms with Gasteiger partial charge in [0.2, 0.25) is 0 Å². The fourth-order valence-corrected chi connectivity index (χ4v) is 5.52. The number of ether oxygens (including phenoxy) is 2. The van der Waals surface area contributed by atoms with Crippen LogP contribution in [0.5, 0.6) is 0 Å². The second-order valence-electron chi connectivity index (χ2n) is 10.5. The first-order valence-corrected chi connectivity index (χ1v) is 14.9. The zero-order valence-corrected chi connectivity index (χ0v) is 25.4. The average molecular weight is 614 g/mol. The number of esters is 2. The highest BCUT2D eigenvalue weighted by Gasteiger charge is 2.38. The van der Waals surface area contributed by atoms with Crippen LogP contribution in [0.3, 0.4) is 0 Å². The highest BCUT2D eigenvalue weighted by Crippen LogP contribution is 2.38. The molecule has 4 aromatic heterocycles. The van der Waals surface area contributed by atoms with Crippen LogP contribution < -0.4 is 5.32 Å². The van der Waals surface area contributed by atoms with Crippen LogP contribution in [0.1, 0.15) is 37.2 Å². The Bertz CT molecular complexity index is 1980. The quantitative estimate of drug-likeness (QED) is 0.172. The molecule has 0 fully saturated rings. The van der Waals surface area contributed by atoms with Gasteiger partial charge in [0, 0.05) is 47.9 Å². The number of carbonyl (C=O) groups is 2. The summed E-state index contributed by atoms with van der Waals surface area (Å²) in [6, 6.07) is 17.0. The van der Waals surface area contributed by atoms with E-state index in [4.69, 9.17) is 13.9 Å². The molecule has 0 saturated carbocycles. The maximum absolute atomic E-state index is 13.7. The van der Waals surface area contributed by atoms with E-state index >= 15 is 0 Å². The van der Waals surface area contributed by atoms with E-state index in [1.54, 1.807) is 57.3 Å². The van der Waals surface area contributed by atoms with Gasteiger partial charge < -0.3 is 19.2 Å². The molecule has 0 saturated heterocycles. The number of hydrogen-bond acceptors (Lipinski definition) is 9. The van der Waals surface area contributed by atoms with Gasteiger partial charge in [0.25, 0.3) is 0 Å². The largest absolute Gasteiger partial charge is 0.469 e. The molecule has 5 aromatic rings. The second kappa shape index (κ2) is 13.8. The lowest BCUT2D eigenvalue weighted by Gasteiger charge is -2.31. The molecule has 1 aliphatic rings. The number of allylic oxidation sites excluding steroid dienone is 1. The minimum absolute atomic E-state index is 0.124. The minimum atomic E-state index is -0.635. The normalized spacial score (nSPS) is 14.4. The Morgan fingerprint density at radius 3 is 2.57 bits per heavy atom. The van der Waals surface area contributed by atoms with Gasteiger partial charge in [-0.3, -0.25) is 14.5 Å². The van der Waals surface area contributed by atoms with Crippen molar-refractivity contribution in [2.24, 2.45) is 5.92 Å². The highest BCUT2D eigenvalue weighted by molar-refractivity contribution is 6.03. The van der Waals surface area contributed by atoms with Gasteiger partial charge in [0.1, 0.15) is 17.6 Å². The van der Waals surface area contributed by atoms with E-state index in [2.05, 4.69) is 32.1 Å². The molecule has 10 nitrogen and oxygen atoms in total. The Morgan fingerprint density at radius 2 is 1.80 bits per heavy atom. The number of fused-ring (bicyclic) bond motifs is 1. The molecule has 1 unspecified atom stereocenters. The molecule has 6 rings (SSSR count). The minimum Gasteiger partial charge on any atom is -0.469 e. The second-order valence-corrected chi connectivity index (χ2v) is 10.5. The number of rotatable bonds is 9. The van der Waals surface area contributed by atoms with Crippen LogP contribution in [-0.4, -0.2) is 44.7 Å². The Balaban J connectivity index is 1.34. The summed E-state index contributed by atoms with van der Waals surface area (Å²) in [4.78, 5) is 39.9. The highest BCUT2D eigenvalue weighted by atomic mass is 16.5. The van der Waals surface area contributed by atoms with Crippen LogP contribution in [0.2, 0.25) is 0 Å². The number of carbonyl (C=O) groups excluding carboxylic acids is 2. The summed E-state index contributed by atoms with van der Waals surface area (Å²) in [6.45, 7) is 3.61. The molecule has 10 heteroatoms. The monoisotopic (exact) mass is 613 g/mol. The van der Waals surface area contributed by atoms with Crippen LogP contribution in [0, 0.1) is 17.8 Å². The van der Waals surface area contributed by atoms with E-state index in [1.807, 2.05) is 53.1 Å². The molecule has 0 spiro atoms. The van der Waals surface area contributed by atoms with Gasteiger partial charge in [-0.05, 0) is 68.3 Å². The van der Waals surface area contributed by atoms with Gasteiger partial charge in [0.15, 0.2) is 6.61 Å². The summed E-state index contributed by atoms with van der Waals surface area (Å²) < 4.78 is 18.7. The third-order valence-electron chi connectivity index (χ3n) is 7.61. The molecule has 1 atom stereocenters. The van der Waals surface area contributed by atoms with Crippen LogP contribution in [0.15, 0.2) is 113 Å². The standard InChI is InChI=1S/C36H31N5O5/c1-3-44-36(43)33-29(15-14-28-9-6-19-45-28)32(35(42)46-20-5-8-25-7-4-17-37-21-25)24(2)40-34(33)26-10-12-27(13-11-26)41-23-39-30-22-38-18-16-31(30)41/h4,6-7,9-13,16-19,21-23,29,40H,3,14-15,20H2,1-2H3. The average Bonchev–Trinajstić information content (AvgIpc) is 3.76. The Kier molecular flexibility index (Phi) is 9.02. The van der Waals surface area contributed by atoms with Gasteiger partial charge >= 0.3 is 11.9 Å². The van der Waals surface area contributed by atoms with Crippen molar-refractivity contribution in [1.29, 1.82) is 0 Å². The molecular formula is C36H31N5O5. The van der Waals surface area contributed by atoms with Crippen molar-refractivity contribution < 1.29 is 23.5 Å². The molecule has 1 N–H and O–H groups in total. The van der Waals surface area contributed by atoms with Crippen molar-refractivity contribution >= 4 is 28.7 Å². The summed E-state index contributed by atoms with van der Waals surface area (Å²) >= 11 is 0. The number of pyridine rings is 2. The third kappa shape index (κ3) is 6.44. The van der Waals surface area contributed by atoms with Crippen molar-refractivity contribution in [2.45, 2.75) is 26.7 Å². The fourth-order valence-electron chi connectivity index (χ4n) is 5.52. The van der Waals surface area contributed by atoms with Crippen LogP contribution in [0.25, 0.3) is 22.4 Å². The summed E-state index contributed by atoms with van der Waals surface area (Å²) in [5.74, 6) is 4.84. The van der Waals surface area contributed by atoms with E-state index in [0.29, 0.717) is 40.9 Å². The molecule has 1 aliphatic heterocycles. The molecule has 0 amide bonds. The maximum Gasteiger partial charge on any atom is 0.337 e. The van der Waals surface area contributed by atoms with Crippen LogP contribution >= 0.6 is 0 Å². The number of aromatic nitrogens is 4. The molecule has 0 radical (unpaired) electrons. The van der Waals surface area contributed by atoms with E-state index < -0.39 is 17.9 Å². The first-order valence-electron chi connectivity index (χ1n) is 14.9. The number of furan rings is 1. The predicted octanol–water partition coefficient (Wildman–Crippen LogP) is 5.40. The summed E-state index contributed by atoms with van der Waals surface area (Å²) in [7, 11) is 0. The van der Waals surface area contributed by atoms with E-state index in [1.165, 1.54) is 0 Å². The van der Waals surface area contributed by atoms with E-state index in [9.17, 15) is 9.59 Å². The number of dihydropyridines is 1. The molecular weight excluding hydrogens is 582 g/mol. The summed E-state index contributed by atoms with van der Waals surface area (Å²) in [5, 5.41) is 3.34. The first kappa shape index (κ1) is 30.1. The van der Waals surface area contributed by atoms with Crippen molar-refractivity contribution in [3.05, 3.63) is 126 Å². The number of benzene rings is 1. The van der Waals surface area contributed by atoms with Gasteiger partial charge in [-0.1, -0.05) is 24.0 Å². The Morgan fingerprint density at radius 1 is 0.978 bits per heavy atom. The lowest BCUT2D eigenvalue weighted by molar-refractivity contribution is -0.139. The first-order chi connectivity index (χ1) is 22.5. The van der Waals surface area contributed by atoms with E-state index in [0.717, 1.165) is 28.0 Å². The Hall–Kier alpha value is -5.95. The maximum atomic E-state index is 13.7. The SMILES string of the molecule is CCOC(=O)C1=C(c2ccc(-n3cnc4cnccc43)cc2)NC(C)=C(C(=O)OCC#Cc2cccnc2)C1CCc1ccco1. The number of aryl methyl sites for hydroxylation is 1. The number of nitrogens with one attached hydrogen (secondary N) is 1. The summed E-state index contributed by atoms with van der Waals surface area (Å²) in [6.07, 6.45) is 11.0. The molecule has 46 heavy (non-hydrogen) atoms. The van der Waals surface area contributed by atoms with Crippen molar-refractivity contribution in [3.8, 4) is 17.5 Å². The van der Waals surface area contributed by atoms with Gasteiger partial charge in [-0.15, -0.1) is 0 Å². The lowest BCUT2D eigenvalue weighted by Crippen LogP contribution is -2.34. The van der Waals surface area contributed by atoms with Gasteiger partial charge in [-0.25, -0.2) is 14.6 Å². The van der Waals surface area contributed by atoms with Crippen molar-refractivity contribution in [3.63, 3.8) is 0 Å². The molecule has 0 bridgehead atoms. The van der Waals surface area contributed by atoms with Crippen molar-refractivity contribution in [2.75, 3.05) is 13.2 Å². The number of nitrogens with zero attached hydrogens (tertiary/aromatic N) is 4. The lowest BCUT2D eigenvalue weighted by atomic mass is 9.80. The van der Waals surface area contributed by atoms with Gasteiger partial charge in [0.05, 0.1) is 41.4 Å². The molecule has 5 heterocycles. The topological polar surface area (TPSA) is 121 Å². The van der Waals surface area contributed by atoms with E-state index in [-0.39, 0.29) is 13.2 Å². The van der Waals surface area contributed by atoms with Crippen molar-refractivity contribution in [1.82, 2.24) is 24.8 Å². The molecule has 230 valence electrons. The molecule has 1 aromatic carbocycles. The zero-order valence-electron chi connectivity index (χ0n) is 25.4.